The van der Waals surface area contributed by atoms with Crippen molar-refractivity contribution < 1.29 is 19.4 Å². The Morgan fingerprint density at radius 1 is 1.33 bits per heavy atom. The van der Waals surface area contributed by atoms with Gasteiger partial charge in [-0.25, -0.2) is 9.59 Å². The van der Waals surface area contributed by atoms with Crippen LogP contribution in [0.3, 0.4) is 0 Å². The molecule has 2 N–H and O–H groups in total. The SMILES string of the molecule is COC(=O)c1ccc(NC(=O)N(CCO)Cc2ccsc2)c(C)c1. The Bertz CT molecular complexity index is 701. The highest BCUT2D eigenvalue weighted by Crippen LogP contribution is 2.18. The monoisotopic (exact) mass is 348 g/mol. The minimum Gasteiger partial charge on any atom is -0.465 e. The van der Waals surface area contributed by atoms with Crippen LogP contribution in [0.2, 0.25) is 0 Å². The largest absolute Gasteiger partial charge is 0.465 e. The van der Waals surface area contributed by atoms with Gasteiger partial charge in [0.2, 0.25) is 0 Å². The summed E-state index contributed by atoms with van der Waals surface area (Å²) in [6, 6.07) is 6.57. The van der Waals surface area contributed by atoms with E-state index in [9.17, 15) is 14.7 Å². The van der Waals surface area contributed by atoms with E-state index in [2.05, 4.69) is 10.1 Å². The molecule has 1 aromatic carbocycles. The van der Waals surface area contributed by atoms with Crippen LogP contribution in [0.5, 0.6) is 0 Å². The van der Waals surface area contributed by atoms with Gasteiger partial charge in [-0.1, -0.05) is 0 Å². The third-order valence-electron chi connectivity index (χ3n) is 3.50. The molecule has 0 radical (unpaired) electrons. The first-order chi connectivity index (χ1) is 11.5. The van der Waals surface area contributed by atoms with Crippen LogP contribution in [-0.4, -0.2) is 42.3 Å². The highest BCUT2D eigenvalue weighted by molar-refractivity contribution is 7.07. The molecule has 24 heavy (non-hydrogen) atoms. The number of nitrogens with one attached hydrogen (secondary N) is 1. The van der Waals surface area contributed by atoms with Gasteiger partial charge in [-0.05, 0) is 53.1 Å². The van der Waals surface area contributed by atoms with Crippen LogP contribution in [0, 0.1) is 6.92 Å². The minimum absolute atomic E-state index is 0.113. The van der Waals surface area contributed by atoms with Crippen LogP contribution in [0.15, 0.2) is 35.0 Å². The Morgan fingerprint density at radius 3 is 2.71 bits per heavy atom. The molecule has 2 amide bonds. The van der Waals surface area contributed by atoms with Crippen LogP contribution >= 0.6 is 11.3 Å². The molecular weight excluding hydrogens is 328 g/mol. The van der Waals surface area contributed by atoms with Crippen molar-refractivity contribution in [2.45, 2.75) is 13.5 Å². The summed E-state index contributed by atoms with van der Waals surface area (Å²) in [7, 11) is 1.32. The number of thiophene rings is 1. The standard InChI is InChI=1S/C17H20N2O4S/c1-12-9-14(16(21)23-2)3-4-15(12)18-17(22)19(6-7-20)10-13-5-8-24-11-13/h3-5,8-9,11,20H,6-7,10H2,1-2H3,(H,18,22). The molecule has 0 spiro atoms. The molecule has 0 unspecified atom stereocenters. The fourth-order valence-electron chi connectivity index (χ4n) is 2.22. The second kappa shape index (κ2) is 8.47. The number of aliphatic hydroxyl groups is 1. The molecule has 0 aliphatic carbocycles. The molecule has 1 aromatic heterocycles. The smallest absolute Gasteiger partial charge is 0.337 e. The van der Waals surface area contributed by atoms with E-state index in [4.69, 9.17) is 0 Å². The number of aliphatic hydroxyl groups excluding tert-OH is 1. The second-order valence-electron chi connectivity index (χ2n) is 5.23. The number of methoxy groups -OCH3 is 1. The number of hydrogen-bond donors (Lipinski definition) is 2. The van der Waals surface area contributed by atoms with Gasteiger partial charge in [0.15, 0.2) is 0 Å². The highest BCUT2D eigenvalue weighted by atomic mass is 32.1. The molecule has 0 aliphatic heterocycles. The molecule has 0 aliphatic rings. The van der Waals surface area contributed by atoms with E-state index >= 15 is 0 Å². The number of amides is 2. The first-order valence-electron chi connectivity index (χ1n) is 7.42. The van der Waals surface area contributed by atoms with Gasteiger partial charge < -0.3 is 20.1 Å². The van der Waals surface area contributed by atoms with Crippen LogP contribution in [-0.2, 0) is 11.3 Å². The van der Waals surface area contributed by atoms with Crippen LogP contribution in [0.1, 0.15) is 21.5 Å². The van der Waals surface area contributed by atoms with E-state index in [1.807, 2.05) is 16.8 Å². The fraction of sp³-hybridized carbons (Fsp3) is 0.294. The molecule has 0 saturated carbocycles. The predicted octanol–water partition coefficient (Wildman–Crippen LogP) is 2.87. The number of ether oxygens (including phenoxy) is 1. The van der Waals surface area contributed by atoms with Crippen molar-refractivity contribution in [1.29, 1.82) is 0 Å². The zero-order valence-corrected chi connectivity index (χ0v) is 14.4. The molecule has 6 nitrogen and oxygen atoms in total. The van der Waals surface area contributed by atoms with Crippen molar-refractivity contribution >= 4 is 29.0 Å². The Morgan fingerprint density at radius 2 is 2.12 bits per heavy atom. The minimum atomic E-state index is -0.421. The van der Waals surface area contributed by atoms with Gasteiger partial charge in [-0.15, -0.1) is 0 Å². The lowest BCUT2D eigenvalue weighted by molar-refractivity contribution is 0.0600. The molecule has 2 aromatic rings. The Kier molecular flexibility index (Phi) is 6.34. The molecule has 1 heterocycles. The topological polar surface area (TPSA) is 78.9 Å². The van der Waals surface area contributed by atoms with E-state index in [0.29, 0.717) is 17.8 Å². The number of carbonyl (C=O) groups is 2. The van der Waals surface area contributed by atoms with Gasteiger partial charge in [0.05, 0.1) is 19.3 Å². The van der Waals surface area contributed by atoms with Crippen LogP contribution in [0.25, 0.3) is 0 Å². The molecule has 0 fully saturated rings. The summed E-state index contributed by atoms with van der Waals surface area (Å²) in [6.45, 7) is 2.35. The molecule has 0 atom stereocenters. The van der Waals surface area contributed by atoms with Crippen molar-refractivity contribution in [3.05, 3.63) is 51.7 Å². The number of rotatable bonds is 6. The summed E-state index contributed by atoms with van der Waals surface area (Å²) in [4.78, 5) is 25.5. The lowest BCUT2D eigenvalue weighted by Crippen LogP contribution is -2.36. The normalized spacial score (nSPS) is 10.3. The third-order valence-corrected chi connectivity index (χ3v) is 4.23. The lowest BCUT2D eigenvalue weighted by atomic mass is 10.1. The summed E-state index contributed by atoms with van der Waals surface area (Å²) >= 11 is 1.56. The van der Waals surface area contributed by atoms with Crippen molar-refractivity contribution in [2.24, 2.45) is 0 Å². The van der Waals surface area contributed by atoms with E-state index < -0.39 is 5.97 Å². The van der Waals surface area contributed by atoms with E-state index in [-0.39, 0.29) is 19.2 Å². The average molecular weight is 348 g/mol. The summed E-state index contributed by atoms with van der Waals surface area (Å²) < 4.78 is 4.68. The number of aryl methyl sites for hydroxylation is 1. The summed E-state index contributed by atoms with van der Waals surface area (Å²) in [5.74, 6) is -0.421. The Hall–Kier alpha value is -2.38. The predicted molar refractivity (Wildman–Crippen MR) is 93.4 cm³/mol. The van der Waals surface area contributed by atoms with Crippen LogP contribution in [0.4, 0.5) is 10.5 Å². The molecular formula is C17H20N2O4S. The lowest BCUT2D eigenvalue weighted by Gasteiger charge is -2.22. The van der Waals surface area contributed by atoms with Crippen LogP contribution < -0.4 is 5.32 Å². The number of nitrogens with zero attached hydrogens (tertiary/aromatic N) is 1. The van der Waals surface area contributed by atoms with Gasteiger partial charge >= 0.3 is 12.0 Å². The molecule has 0 bridgehead atoms. The van der Waals surface area contributed by atoms with Gasteiger partial charge in [0, 0.05) is 18.8 Å². The second-order valence-corrected chi connectivity index (χ2v) is 6.01. The first-order valence-corrected chi connectivity index (χ1v) is 8.36. The van der Waals surface area contributed by atoms with Gasteiger partial charge in [0.1, 0.15) is 0 Å². The third kappa shape index (κ3) is 4.56. The fourth-order valence-corrected chi connectivity index (χ4v) is 2.88. The highest BCUT2D eigenvalue weighted by Gasteiger charge is 2.16. The summed E-state index contributed by atoms with van der Waals surface area (Å²) in [6.07, 6.45) is 0. The van der Waals surface area contributed by atoms with Crippen molar-refractivity contribution in [3.63, 3.8) is 0 Å². The van der Waals surface area contributed by atoms with Crippen molar-refractivity contribution in [1.82, 2.24) is 4.90 Å². The molecule has 7 heteroatoms. The maximum absolute atomic E-state index is 12.5. The molecule has 0 saturated heterocycles. The zero-order chi connectivity index (χ0) is 17.5. The zero-order valence-electron chi connectivity index (χ0n) is 13.6. The molecule has 2 rings (SSSR count). The number of hydrogen-bond acceptors (Lipinski definition) is 5. The average Bonchev–Trinajstić information content (AvgIpc) is 3.08. The number of benzene rings is 1. The number of urea groups is 1. The number of carbonyl (C=O) groups excluding carboxylic acids is 2. The van der Waals surface area contributed by atoms with E-state index in [0.717, 1.165) is 11.1 Å². The van der Waals surface area contributed by atoms with Gasteiger partial charge in [-0.3, -0.25) is 0 Å². The van der Waals surface area contributed by atoms with Crippen molar-refractivity contribution in [3.8, 4) is 0 Å². The maximum atomic E-state index is 12.5. The van der Waals surface area contributed by atoms with Gasteiger partial charge in [-0.2, -0.15) is 11.3 Å². The maximum Gasteiger partial charge on any atom is 0.337 e. The molecule has 128 valence electrons. The number of anilines is 1. The summed E-state index contributed by atoms with van der Waals surface area (Å²) in [5, 5.41) is 15.9. The summed E-state index contributed by atoms with van der Waals surface area (Å²) in [5.41, 5.74) is 2.81. The Labute approximate surface area is 144 Å². The Balaban J connectivity index is 2.09. The number of esters is 1. The quantitative estimate of drug-likeness (QED) is 0.787. The van der Waals surface area contributed by atoms with E-state index in [1.165, 1.54) is 12.0 Å². The van der Waals surface area contributed by atoms with Crippen molar-refractivity contribution in [2.75, 3.05) is 25.6 Å². The first kappa shape index (κ1) is 18.0. The van der Waals surface area contributed by atoms with Gasteiger partial charge in [0.25, 0.3) is 0 Å². The van der Waals surface area contributed by atoms with E-state index in [1.54, 1.807) is 36.5 Å².